The Labute approximate surface area is 141 Å². The largest absolute Gasteiger partial charge is 0.401 e. The zero-order valence-electron chi connectivity index (χ0n) is 14.1. The summed E-state index contributed by atoms with van der Waals surface area (Å²) in [6, 6.07) is 0. The van der Waals surface area contributed by atoms with Gasteiger partial charge in [0.05, 0.1) is 6.54 Å². The predicted octanol–water partition coefficient (Wildman–Crippen LogP) is 3.20. The lowest BCUT2D eigenvalue weighted by atomic mass is 9.49. The molecule has 3 nitrogen and oxygen atoms in total. The van der Waals surface area contributed by atoms with E-state index in [9.17, 15) is 18.0 Å². The Morgan fingerprint density at radius 1 is 1.08 bits per heavy atom. The number of halogens is 3. The Bertz CT molecular complexity index is 470. The van der Waals surface area contributed by atoms with E-state index in [1.165, 1.54) is 24.2 Å². The number of nitrogens with zero attached hydrogens (tertiary/aromatic N) is 1. The standard InChI is InChI=1S/C18H27F3N2O/c19-18(20,21)11-23-2-1-12(10-23)9-22-16(24)17-6-13-3-14(7-17)5-15(4-13)8-17/h12-15H,1-11H2,(H,22,24)/t12-,13?,14?,15?,17?/m0/s1. The SMILES string of the molecule is O=C(NC[C@@H]1CCN(CC(F)(F)F)C1)C12CC3CC(CC(C3)C1)C2. The molecule has 24 heavy (non-hydrogen) atoms. The summed E-state index contributed by atoms with van der Waals surface area (Å²) < 4.78 is 37.4. The van der Waals surface area contributed by atoms with Crippen molar-refractivity contribution in [2.45, 2.75) is 51.1 Å². The average Bonchev–Trinajstić information content (AvgIpc) is 2.88. The minimum atomic E-state index is -4.13. The highest BCUT2D eigenvalue weighted by Gasteiger charge is 2.54. The summed E-state index contributed by atoms with van der Waals surface area (Å²) in [6.07, 6.45) is 3.65. The number of carbonyl (C=O) groups is 1. The molecule has 0 aromatic rings. The molecule has 5 rings (SSSR count). The minimum absolute atomic E-state index is 0.154. The Kier molecular flexibility index (Phi) is 4.09. The van der Waals surface area contributed by atoms with Crippen LogP contribution in [0.3, 0.4) is 0 Å². The third-order valence-electron chi connectivity index (χ3n) is 6.84. The molecule has 1 atom stereocenters. The van der Waals surface area contributed by atoms with Crippen molar-refractivity contribution in [2.75, 3.05) is 26.2 Å². The van der Waals surface area contributed by atoms with Crippen LogP contribution in [-0.4, -0.2) is 43.2 Å². The molecule has 5 fully saturated rings. The highest BCUT2D eigenvalue weighted by molar-refractivity contribution is 5.83. The normalized spacial score (nSPS) is 41.8. The molecular formula is C18H27F3N2O. The number of amides is 1. The number of rotatable bonds is 4. The molecule has 0 spiro atoms. The highest BCUT2D eigenvalue weighted by atomic mass is 19.4. The molecule has 0 unspecified atom stereocenters. The Morgan fingerprint density at radius 2 is 1.67 bits per heavy atom. The van der Waals surface area contributed by atoms with Gasteiger partial charge in [-0.15, -0.1) is 0 Å². The third-order valence-corrected chi connectivity index (χ3v) is 6.84. The maximum Gasteiger partial charge on any atom is 0.401 e. The molecule has 5 aliphatic rings. The predicted molar refractivity (Wildman–Crippen MR) is 84.2 cm³/mol. The van der Waals surface area contributed by atoms with E-state index in [0.717, 1.165) is 43.4 Å². The third kappa shape index (κ3) is 3.31. The maximum atomic E-state index is 12.9. The van der Waals surface area contributed by atoms with Gasteiger partial charge in [-0.3, -0.25) is 9.69 Å². The molecule has 4 bridgehead atoms. The summed E-state index contributed by atoms with van der Waals surface area (Å²) in [5.41, 5.74) is -0.154. The van der Waals surface area contributed by atoms with E-state index in [2.05, 4.69) is 5.32 Å². The summed E-state index contributed by atoms with van der Waals surface area (Å²) >= 11 is 0. The van der Waals surface area contributed by atoms with Gasteiger partial charge in [-0.25, -0.2) is 0 Å². The summed E-state index contributed by atoms with van der Waals surface area (Å²) in [5, 5.41) is 3.12. The van der Waals surface area contributed by atoms with E-state index >= 15 is 0 Å². The van der Waals surface area contributed by atoms with Gasteiger partial charge in [-0.05, 0) is 75.2 Å². The number of carbonyl (C=O) groups excluding carboxylic acids is 1. The fourth-order valence-electron chi connectivity index (χ4n) is 6.29. The number of nitrogens with one attached hydrogen (secondary N) is 1. The molecule has 4 saturated carbocycles. The molecule has 4 aliphatic carbocycles. The van der Waals surface area contributed by atoms with Crippen LogP contribution in [0.5, 0.6) is 0 Å². The van der Waals surface area contributed by atoms with Crippen molar-refractivity contribution in [3.63, 3.8) is 0 Å². The molecule has 1 saturated heterocycles. The van der Waals surface area contributed by atoms with Crippen LogP contribution in [0.15, 0.2) is 0 Å². The average molecular weight is 344 g/mol. The van der Waals surface area contributed by atoms with E-state index < -0.39 is 12.7 Å². The molecule has 0 radical (unpaired) electrons. The van der Waals surface area contributed by atoms with Crippen molar-refractivity contribution in [1.29, 1.82) is 0 Å². The molecule has 0 aromatic carbocycles. The first-order chi connectivity index (χ1) is 11.3. The van der Waals surface area contributed by atoms with Crippen molar-refractivity contribution < 1.29 is 18.0 Å². The molecular weight excluding hydrogens is 317 g/mol. The van der Waals surface area contributed by atoms with Crippen LogP contribution in [0.25, 0.3) is 0 Å². The lowest BCUT2D eigenvalue weighted by molar-refractivity contribution is -0.147. The number of likely N-dealkylation sites (tertiary alicyclic amines) is 1. The summed E-state index contributed by atoms with van der Waals surface area (Å²) in [5.74, 6) is 2.54. The van der Waals surface area contributed by atoms with Gasteiger partial charge in [-0.1, -0.05) is 0 Å². The first-order valence-electron chi connectivity index (χ1n) is 9.39. The van der Waals surface area contributed by atoms with Crippen molar-refractivity contribution in [2.24, 2.45) is 29.1 Å². The quantitative estimate of drug-likeness (QED) is 0.849. The molecule has 0 aromatic heterocycles. The van der Waals surface area contributed by atoms with E-state index in [1.54, 1.807) is 0 Å². The van der Waals surface area contributed by atoms with Gasteiger partial charge in [0.1, 0.15) is 0 Å². The second kappa shape index (κ2) is 5.89. The van der Waals surface area contributed by atoms with Gasteiger partial charge in [0.2, 0.25) is 5.91 Å². The molecule has 1 amide bonds. The first kappa shape index (κ1) is 16.7. The fourth-order valence-corrected chi connectivity index (χ4v) is 6.29. The molecule has 1 N–H and O–H groups in total. The van der Waals surface area contributed by atoms with E-state index in [0.29, 0.717) is 19.6 Å². The highest BCUT2D eigenvalue weighted by Crippen LogP contribution is 2.60. The van der Waals surface area contributed by atoms with E-state index in [-0.39, 0.29) is 17.2 Å². The Hall–Kier alpha value is -0.780. The van der Waals surface area contributed by atoms with Gasteiger partial charge in [0.25, 0.3) is 0 Å². The lowest BCUT2D eigenvalue weighted by Gasteiger charge is -2.55. The summed E-state index contributed by atoms with van der Waals surface area (Å²) in [4.78, 5) is 14.3. The monoisotopic (exact) mass is 344 g/mol. The molecule has 1 aliphatic heterocycles. The van der Waals surface area contributed by atoms with Crippen molar-refractivity contribution in [3.05, 3.63) is 0 Å². The van der Waals surface area contributed by atoms with Gasteiger partial charge in [0, 0.05) is 18.5 Å². The summed E-state index contributed by atoms with van der Waals surface area (Å²) in [6.45, 7) is 0.638. The van der Waals surface area contributed by atoms with Gasteiger partial charge >= 0.3 is 6.18 Å². The van der Waals surface area contributed by atoms with Crippen molar-refractivity contribution in [1.82, 2.24) is 10.2 Å². The Morgan fingerprint density at radius 3 is 2.21 bits per heavy atom. The van der Waals surface area contributed by atoms with Crippen LogP contribution in [0.4, 0.5) is 13.2 Å². The molecule has 1 heterocycles. The number of hydrogen-bond acceptors (Lipinski definition) is 2. The topological polar surface area (TPSA) is 32.3 Å². The number of hydrogen-bond donors (Lipinski definition) is 1. The van der Waals surface area contributed by atoms with Crippen LogP contribution in [-0.2, 0) is 4.79 Å². The zero-order chi connectivity index (χ0) is 16.9. The van der Waals surface area contributed by atoms with Crippen LogP contribution in [0, 0.1) is 29.1 Å². The lowest BCUT2D eigenvalue weighted by Crippen LogP contribution is -2.54. The van der Waals surface area contributed by atoms with Gasteiger partial charge < -0.3 is 5.32 Å². The van der Waals surface area contributed by atoms with Crippen LogP contribution in [0.1, 0.15) is 44.9 Å². The van der Waals surface area contributed by atoms with E-state index in [4.69, 9.17) is 0 Å². The smallest absolute Gasteiger partial charge is 0.355 e. The molecule has 136 valence electrons. The summed E-state index contributed by atoms with van der Waals surface area (Å²) in [7, 11) is 0. The van der Waals surface area contributed by atoms with Crippen molar-refractivity contribution in [3.8, 4) is 0 Å². The second-order valence-corrected chi connectivity index (χ2v) is 8.91. The Balaban J connectivity index is 1.29. The minimum Gasteiger partial charge on any atom is -0.355 e. The van der Waals surface area contributed by atoms with Gasteiger partial charge in [0.15, 0.2) is 0 Å². The first-order valence-corrected chi connectivity index (χ1v) is 9.39. The van der Waals surface area contributed by atoms with Gasteiger partial charge in [-0.2, -0.15) is 13.2 Å². The van der Waals surface area contributed by atoms with Crippen molar-refractivity contribution >= 4 is 5.91 Å². The second-order valence-electron chi connectivity index (χ2n) is 8.91. The van der Waals surface area contributed by atoms with E-state index in [1.807, 2.05) is 0 Å². The zero-order valence-corrected chi connectivity index (χ0v) is 14.1. The number of alkyl halides is 3. The van der Waals surface area contributed by atoms with Crippen LogP contribution >= 0.6 is 0 Å². The van der Waals surface area contributed by atoms with Crippen LogP contribution < -0.4 is 5.32 Å². The molecule has 6 heteroatoms. The fraction of sp³-hybridized carbons (Fsp3) is 0.944. The van der Waals surface area contributed by atoms with Crippen LogP contribution in [0.2, 0.25) is 0 Å². The maximum absolute atomic E-state index is 12.9.